The second kappa shape index (κ2) is 7.46. The second-order valence-electron chi connectivity index (χ2n) is 5.85. The van der Waals surface area contributed by atoms with Crippen molar-refractivity contribution in [1.29, 1.82) is 0 Å². The Bertz CT molecular complexity index is 482. The summed E-state index contributed by atoms with van der Waals surface area (Å²) in [7, 11) is 1.88. The van der Waals surface area contributed by atoms with Crippen LogP contribution in [0.15, 0.2) is 18.2 Å². The molecule has 4 heteroatoms. The van der Waals surface area contributed by atoms with Gasteiger partial charge in [0.25, 0.3) is 5.91 Å². The first-order valence-electron chi connectivity index (χ1n) is 7.79. The third kappa shape index (κ3) is 4.21. The molecule has 0 bridgehead atoms. The van der Waals surface area contributed by atoms with E-state index in [9.17, 15) is 4.79 Å². The summed E-state index contributed by atoms with van der Waals surface area (Å²) in [6, 6.07) is 5.95. The summed E-state index contributed by atoms with van der Waals surface area (Å²) in [6.07, 6.45) is 2.24. The number of carbonyl (C=O) groups excluding carboxylic acids is 1. The topological polar surface area (TPSA) is 41.6 Å². The molecule has 1 aliphatic heterocycles. The fourth-order valence-electron chi connectivity index (χ4n) is 2.81. The summed E-state index contributed by atoms with van der Waals surface area (Å²) in [6.45, 7) is 7.28. The van der Waals surface area contributed by atoms with Crippen molar-refractivity contribution in [2.45, 2.75) is 26.7 Å². The number of nitrogens with zero attached hydrogens (tertiary/aromatic N) is 1. The zero-order chi connectivity index (χ0) is 15.2. The molecule has 21 heavy (non-hydrogen) atoms. The van der Waals surface area contributed by atoms with E-state index in [-0.39, 0.29) is 5.91 Å². The molecule has 1 saturated heterocycles. The first kappa shape index (κ1) is 15.8. The average Bonchev–Trinajstić information content (AvgIpc) is 2.48. The monoisotopic (exact) mass is 290 g/mol. The van der Waals surface area contributed by atoms with Gasteiger partial charge in [0.05, 0.1) is 12.2 Å². The normalized spacial score (nSPS) is 18.3. The maximum Gasteiger partial charge on any atom is 0.255 e. The van der Waals surface area contributed by atoms with Gasteiger partial charge in [-0.15, -0.1) is 0 Å². The van der Waals surface area contributed by atoms with Gasteiger partial charge in [-0.05, 0) is 50.3 Å². The van der Waals surface area contributed by atoms with E-state index in [2.05, 4.69) is 5.32 Å². The van der Waals surface area contributed by atoms with E-state index in [1.165, 1.54) is 0 Å². The van der Waals surface area contributed by atoms with Gasteiger partial charge in [-0.3, -0.25) is 4.79 Å². The molecule has 1 heterocycles. The number of amides is 1. The van der Waals surface area contributed by atoms with Crippen LogP contribution in [0.3, 0.4) is 0 Å². The molecule has 0 radical (unpaired) electrons. The van der Waals surface area contributed by atoms with Crippen LogP contribution in [0.5, 0.6) is 0 Å². The number of nitrogens with one attached hydrogen (secondary N) is 1. The first-order chi connectivity index (χ1) is 10.1. The Morgan fingerprint density at radius 1 is 1.48 bits per heavy atom. The fourth-order valence-corrected chi connectivity index (χ4v) is 2.81. The summed E-state index contributed by atoms with van der Waals surface area (Å²) in [5.41, 5.74) is 2.83. The largest absolute Gasteiger partial charge is 0.385 e. The highest BCUT2D eigenvalue weighted by molar-refractivity contribution is 5.99. The summed E-state index contributed by atoms with van der Waals surface area (Å²) >= 11 is 0. The Balaban J connectivity index is 2.07. The lowest BCUT2D eigenvalue weighted by molar-refractivity contribution is 0.0389. The van der Waals surface area contributed by atoms with Crippen molar-refractivity contribution < 1.29 is 9.53 Å². The van der Waals surface area contributed by atoms with Crippen molar-refractivity contribution in [1.82, 2.24) is 4.90 Å². The van der Waals surface area contributed by atoms with Gasteiger partial charge in [0.15, 0.2) is 0 Å². The minimum absolute atomic E-state index is 0.0801. The van der Waals surface area contributed by atoms with Gasteiger partial charge in [0.1, 0.15) is 0 Å². The van der Waals surface area contributed by atoms with E-state index in [0.29, 0.717) is 5.92 Å². The van der Waals surface area contributed by atoms with E-state index in [4.69, 9.17) is 4.74 Å². The number of aryl methyl sites for hydroxylation is 1. The van der Waals surface area contributed by atoms with Crippen LogP contribution >= 0.6 is 0 Å². The molecular formula is C17H26N2O2. The number of hydrogen-bond donors (Lipinski definition) is 1. The quantitative estimate of drug-likeness (QED) is 0.906. The molecule has 1 atom stereocenters. The highest BCUT2D eigenvalue weighted by atomic mass is 16.5. The third-order valence-corrected chi connectivity index (χ3v) is 3.91. The van der Waals surface area contributed by atoms with E-state index < -0.39 is 0 Å². The molecule has 0 aliphatic carbocycles. The van der Waals surface area contributed by atoms with Gasteiger partial charge >= 0.3 is 0 Å². The number of rotatable bonds is 5. The summed E-state index contributed by atoms with van der Waals surface area (Å²) in [5.74, 6) is 0.539. The summed E-state index contributed by atoms with van der Waals surface area (Å²) in [4.78, 5) is 14.5. The Morgan fingerprint density at radius 2 is 2.29 bits per heavy atom. The molecule has 0 aromatic heterocycles. The summed E-state index contributed by atoms with van der Waals surface area (Å²) < 4.78 is 5.50. The molecule has 4 nitrogen and oxygen atoms in total. The lowest BCUT2D eigenvalue weighted by Crippen LogP contribution is -2.35. The highest BCUT2D eigenvalue weighted by Gasteiger charge is 2.21. The van der Waals surface area contributed by atoms with Crippen LogP contribution in [-0.4, -0.2) is 44.2 Å². The molecule has 1 aromatic rings. The number of ether oxygens (including phenoxy) is 1. The molecule has 2 rings (SSSR count). The predicted molar refractivity (Wildman–Crippen MR) is 85.8 cm³/mol. The van der Waals surface area contributed by atoms with Crippen LogP contribution < -0.4 is 5.32 Å². The second-order valence-corrected chi connectivity index (χ2v) is 5.85. The maximum atomic E-state index is 12.7. The number of benzene rings is 1. The highest BCUT2D eigenvalue weighted by Crippen LogP contribution is 2.21. The number of hydrogen-bond acceptors (Lipinski definition) is 3. The van der Waals surface area contributed by atoms with E-state index >= 15 is 0 Å². The van der Waals surface area contributed by atoms with E-state index in [1.807, 2.05) is 44.0 Å². The molecule has 1 aromatic carbocycles. The van der Waals surface area contributed by atoms with Gasteiger partial charge in [0, 0.05) is 32.4 Å². The molecule has 0 saturated carbocycles. The molecule has 1 fully saturated rings. The lowest BCUT2D eigenvalue weighted by Gasteiger charge is -2.27. The van der Waals surface area contributed by atoms with Crippen LogP contribution in [-0.2, 0) is 4.74 Å². The average molecular weight is 290 g/mol. The molecule has 116 valence electrons. The van der Waals surface area contributed by atoms with Crippen LogP contribution in [0.4, 0.5) is 5.69 Å². The number of anilines is 1. The molecule has 1 unspecified atom stereocenters. The molecule has 0 spiro atoms. The zero-order valence-corrected chi connectivity index (χ0v) is 13.3. The smallest absolute Gasteiger partial charge is 0.255 e. The van der Waals surface area contributed by atoms with Gasteiger partial charge in [-0.2, -0.15) is 0 Å². The molecule has 1 amide bonds. The fraction of sp³-hybridized carbons (Fsp3) is 0.588. The zero-order valence-electron chi connectivity index (χ0n) is 13.3. The van der Waals surface area contributed by atoms with Crippen molar-refractivity contribution in [2.75, 3.05) is 38.7 Å². The Labute approximate surface area is 127 Å². The van der Waals surface area contributed by atoms with Crippen LogP contribution in [0, 0.1) is 12.8 Å². The lowest BCUT2D eigenvalue weighted by atomic mass is 10.0. The van der Waals surface area contributed by atoms with E-state index in [1.54, 1.807) is 0 Å². The molecular weight excluding hydrogens is 264 g/mol. The van der Waals surface area contributed by atoms with Crippen LogP contribution in [0.25, 0.3) is 0 Å². The van der Waals surface area contributed by atoms with Gasteiger partial charge in [-0.25, -0.2) is 0 Å². The Morgan fingerprint density at radius 3 is 2.95 bits per heavy atom. The predicted octanol–water partition coefficient (Wildman–Crippen LogP) is 2.93. The molecule has 1 aliphatic rings. The van der Waals surface area contributed by atoms with Crippen molar-refractivity contribution in [3.05, 3.63) is 29.3 Å². The number of carbonyl (C=O) groups is 1. The van der Waals surface area contributed by atoms with Crippen molar-refractivity contribution in [2.24, 2.45) is 5.92 Å². The Kier molecular flexibility index (Phi) is 5.62. The summed E-state index contributed by atoms with van der Waals surface area (Å²) in [5, 5.41) is 3.28. The van der Waals surface area contributed by atoms with E-state index in [0.717, 1.165) is 56.0 Å². The Hall–Kier alpha value is -1.55. The van der Waals surface area contributed by atoms with Crippen molar-refractivity contribution in [3.63, 3.8) is 0 Å². The standard InChI is InChI=1S/C17H26N2O2/c1-4-18-16-10-13(2)7-8-15(16)17(20)19(3)11-14-6-5-9-21-12-14/h7-8,10,14,18H,4-6,9,11-12H2,1-3H3. The third-order valence-electron chi connectivity index (χ3n) is 3.91. The SMILES string of the molecule is CCNc1cc(C)ccc1C(=O)N(C)CC1CCCOC1. The minimum Gasteiger partial charge on any atom is -0.385 e. The maximum absolute atomic E-state index is 12.7. The van der Waals surface area contributed by atoms with Crippen molar-refractivity contribution >= 4 is 11.6 Å². The van der Waals surface area contributed by atoms with Gasteiger partial charge in [-0.1, -0.05) is 6.07 Å². The first-order valence-corrected chi connectivity index (χ1v) is 7.79. The van der Waals surface area contributed by atoms with Crippen LogP contribution in [0.1, 0.15) is 35.7 Å². The van der Waals surface area contributed by atoms with Gasteiger partial charge < -0.3 is 15.0 Å². The minimum atomic E-state index is 0.0801. The van der Waals surface area contributed by atoms with Crippen LogP contribution in [0.2, 0.25) is 0 Å². The van der Waals surface area contributed by atoms with Gasteiger partial charge in [0.2, 0.25) is 0 Å². The molecule has 1 N–H and O–H groups in total. The van der Waals surface area contributed by atoms with Crippen molar-refractivity contribution in [3.8, 4) is 0 Å².